The Balaban J connectivity index is 1.76. The van der Waals surface area contributed by atoms with Gasteiger partial charge in [-0.3, -0.25) is 0 Å². The number of carbonyl (C=O) groups is 1. The fourth-order valence-corrected chi connectivity index (χ4v) is 6.76. The monoisotopic (exact) mass is 467 g/mol. The Labute approximate surface area is 197 Å². The predicted octanol–water partition coefficient (Wildman–Crippen LogP) is 4.60. The molecule has 2 bridgehead atoms. The van der Waals surface area contributed by atoms with E-state index in [1.807, 2.05) is 59.3 Å². The zero-order chi connectivity index (χ0) is 23.9. The van der Waals surface area contributed by atoms with Crippen LogP contribution in [0.5, 0.6) is 5.88 Å². The molecule has 8 nitrogen and oxygen atoms in total. The van der Waals surface area contributed by atoms with Gasteiger partial charge in [0, 0.05) is 39.5 Å². The zero-order valence-corrected chi connectivity index (χ0v) is 19.0. The first-order chi connectivity index (χ1) is 16.9. The van der Waals surface area contributed by atoms with Gasteiger partial charge in [0.25, 0.3) is 0 Å². The van der Waals surface area contributed by atoms with E-state index in [9.17, 15) is 15.0 Å². The van der Waals surface area contributed by atoms with Gasteiger partial charge in [0.2, 0.25) is 5.60 Å². The average Bonchev–Trinajstić information content (AvgIpc) is 3.55. The van der Waals surface area contributed by atoms with Crippen molar-refractivity contribution in [2.75, 3.05) is 7.11 Å². The molecule has 8 rings (SSSR count). The molecule has 5 heterocycles. The Morgan fingerprint density at radius 2 is 1.71 bits per heavy atom. The summed E-state index contributed by atoms with van der Waals surface area (Å²) in [6.07, 6.45) is 1.21. The number of benzene rings is 3. The molecular formula is C27H21N3O5. The zero-order valence-electron chi connectivity index (χ0n) is 19.0. The van der Waals surface area contributed by atoms with Crippen LogP contribution >= 0.6 is 0 Å². The second-order valence-electron chi connectivity index (χ2n) is 9.72. The van der Waals surface area contributed by atoms with Crippen LogP contribution in [0.1, 0.15) is 19.6 Å². The average molecular weight is 467 g/mol. The van der Waals surface area contributed by atoms with Crippen LogP contribution in [0, 0.1) is 0 Å². The van der Waals surface area contributed by atoms with E-state index in [0.29, 0.717) is 0 Å². The number of aromatic nitrogens is 3. The highest BCUT2D eigenvalue weighted by atomic mass is 16.6. The normalized spacial score (nSPS) is 25.5. The van der Waals surface area contributed by atoms with Gasteiger partial charge in [-0.2, -0.15) is 0 Å². The molecule has 8 heteroatoms. The molecule has 3 atom stereocenters. The van der Waals surface area contributed by atoms with Gasteiger partial charge in [0.1, 0.15) is 6.23 Å². The molecule has 3 aromatic heterocycles. The maximum absolute atomic E-state index is 13.1. The number of hydrogen-bond donors (Lipinski definition) is 3. The van der Waals surface area contributed by atoms with Gasteiger partial charge in [-0.25, -0.2) is 4.79 Å². The van der Waals surface area contributed by atoms with Crippen LogP contribution in [-0.2, 0) is 20.0 Å². The molecule has 1 fully saturated rings. The van der Waals surface area contributed by atoms with Gasteiger partial charge in [-0.05, 0) is 19.1 Å². The molecule has 174 valence electrons. The molecule has 3 N–H and O–H groups in total. The Morgan fingerprint density at radius 3 is 2.46 bits per heavy atom. The van der Waals surface area contributed by atoms with E-state index in [0.717, 1.165) is 54.4 Å². The minimum atomic E-state index is -1.92. The van der Waals surface area contributed by atoms with Crippen LogP contribution in [0.2, 0.25) is 0 Å². The summed E-state index contributed by atoms with van der Waals surface area (Å²) in [4.78, 5) is 16.2. The number of nitrogens with one attached hydrogen (secondary N) is 1. The van der Waals surface area contributed by atoms with Crippen molar-refractivity contribution in [1.29, 1.82) is 0 Å². The first-order valence-electron chi connectivity index (χ1n) is 11.6. The first kappa shape index (κ1) is 19.3. The van der Waals surface area contributed by atoms with Crippen LogP contribution in [-0.4, -0.2) is 43.0 Å². The number of methoxy groups -OCH3 is 1. The van der Waals surface area contributed by atoms with Crippen LogP contribution in [0.25, 0.3) is 54.4 Å². The molecule has 0 aliphatic carbocycles. The quantitative estimate of drug-likeness (QED) is 0.307. The highest BCUT2D eigenvalue weighted by Gasteiger charge is 2.65. The largest absolute Gasteiger partial charge is 0.494 e. The molecule has 0 unspecified atom stereocenters. The molecule has 3 aromatic carbocycles. The second kappa shape index (κ2) is 5.79. The smallest absolute Gasteiger partial charge is 0.343 e. The van der Waals surface area contributed by atoms with Crippen molar-refractivity contribution in [2.45, 2.75) is 30.9 Å². The molecule has 6 aromatic rings. The summed E-state index contributed by atoms with van der Waals surface area (Å²) in [6, 6.07) is 15.8. The maximum Gasteiger partial charge on any atom is 0.343 e. The van der Waals surface area contributed by atoms with E-state index in [-0.39, 0.29) is 12.3 Å². The molecule has 2 aliphatic heterocycles. The highest BCUT2D eigenvalue weighted by Crippen LogP contribution is 2.58. The van der Waals surface area contributed by atoms with E-state index in [4.69, 9.17) is 9.47 Å². The molecule has 0 saturated carbocycles. The van der Waals surface area contributed by atoms with Gasteiger partial charge in [-0.15, -0.1) is 0 Å². The van der Waals surface area contributed by atoms with Gasteiger partial charge >= 0.3 is 5.97 Å². The Bertz CT molecular complexity index is 1930. The summed E-state index contributed by atoms with van der Waals surface area (Å²) >= 11 is 0. The third-order valence-corrected chi connectivity index (χ3v) is 8.23. The van der Waals surface area contributed by atoms with Crippen molar-refractivity contribution < 1.29 is 24.5 Å². The molecular weight excluding hydrogens is 446 g/mol. The number of ether oxygens (including phenoxy) is 2. The number of para-hydroxylation sites is 2. The summed E-state index contributed by atoms with van der Waals surface area (Å²) < 4.78 is 15.8. The Kier molecular flexibility index (Phi) is 3.19. The van der Waals surface area contributed by atoms with Crippen molar-refractivity contribution >= 4 is 60.4 Å². The topological polar surface area (TPSA) is 102 Å². The standard InChI is InChI=1S/C27H21N3O5/c1-26-27(33,25(32)34-2)11-18(35-26)29-16-9-5-3-7-13(16)20-21-15(12-28-24(21)31)19-14-8-4-6-10-17(14)30(26)23(19)22(20)29/h3-10,12,18,28,31,33H,11H2,1-2H3/t18-,26+,27+/m1/s1. The lowest BCUT2D eigenvalue weighted by molar-refractivity contribution is -0.202. The molecule has 1 saturated heterocycles. The number of H-pyrrole nitrogens is 1. The van der Waals surface area contributed by atoms with Crippen molar-refractivity contribution in [3.63, 3.8) is 0 Å². The van der Waals surface area contributed by atoms with E-state index >= 15 is 0 Å². The number of aromatic hydroxyl groups is 1. The third kappa shape index (κ3) is 1.87. The summed E-state index contributed by atoms with van der Waals surface area (Å²) in [5, 5.41) is 28.3. The third-order valence-electron chi connectivity index (χ3n) is 8.23. The lowest BCUT2D eigenvalue weighted by atomic mass is 9.89. The Hall–Kier alpha value is -4.01. The Morgan fingerprint density at radius 1 is 1.03 bits per heavy atom. The van der Waals surface area contributed by atoms with Crippen LogP contribution in [0.4, 0.5) is 0 Å². The van der Waals surface area contributed by atoms with Gasteiger partial charge in [0.05, 0.1) is 34.6 Å². The fraction of sp³-hybridized carbons (Fsp3) is 0.222. The van der Waals surface area contributed by atoms with Crippen molar-refractivity contribution in [2.24, 2.45) is 0 Å². The number of aromatic amines is 1. The van der Waals surface area contributed by atoms with Crippen LogP contribution in [0.3, 0.4) is 0 Å². The number of hydrogen-bond acceptors (Lipinski definition) is 5. The minimum absolute atomic E-state index is 0.0224. The molecule has 0 spiro atoms. The van der Waals surface area contributed by atoms with Crippen molar-refractivity contribution in [1.82, 2.24) is 14.1 Å². The highest BCUT2D eigenvalue weighted by molar-refractivity contribution is 6.37. The van der Waals surface area contributed by atoms with E-state index in [1.54, 1.807) is 6.92 Å². The van der Waals surface area contributed by atoms with Crippen LogP contribution in [0.15, 0.2) is 54.7 Å². The summed E-state index contributed by atoms with van der Waals surface area (Å²) in [6.45, 7) is 1.76. The van der Waals surface area contributed by atoms with Crippen molar-refractivity contribution in [3.8, 4) is 5.88 Å². The van der Waals surface area contributed by atoms with Gasteiger partial charge < -0.3 is 33.8 Å². The predicted molar refractivity (Wildman–Crippen MR) is 131 cm³/mol. The second-order valence-corrected chi connectivity index (χ2v) is 9.72. The number of fused-ring (bicyclic) bond motifs is 13. The fourth-order valence-electron chi connectivity index (χ4n) is 6.76. The van der Waals surface area contributed by atoms with Gasteiger partial charge in [0.15, 0.2) is 11.6 Å². The summed E-state index contributed by atoms with van der Waals surface area (Å²) in [5.41, 5.74) is 0.103. The number of carbonyl (C=O) groups excluding carboxylic acids is 1. The summed E-state index contributed by atoms with van der Waals surface area (Å²) in [5.74, 6) is -0.626. The minimum Gasteiger partial charge on any atom is -0.494 e. The number of nitrogens with zero attached hydrogens (tertiary/aromatic N) is 2. The summed E-state index contributed by atoms with van der Waals surface area (Å²) in [7, 11) is 1.28. The molecule has 0 amide bonds. The first-order valence-corrected chi connectivity index (χ1v) is 11.6. The maximum atomic E-state index is 13.1. The lowest BCUT2D eigenvalue weighted by Crippen LogP contribution is -2.56. The molecule has 0 radical (unpaired) electrons. The van der Waals surface area contributed by atoms with E-state index < -0.39 is 23.5 Å². The molecule has 2 aliphatic rings. The number of esters is 1. The van der Waals surface area contributed by atoms with Gasteiger partial charge in [-0.1, -0.05) is 36.4 Å². The lowest BCUT2D eigenvalue weighted by Gasteiger charge is -2.37. The van der Waals surface area contributed by atoms with E-state index in [1.165, 1.54) is 7.11 Å². The SMILES string of the molecule is COC(=O)[C@@]1(O)C[C@H]2O[C@]1(C)n1c3ccccc3c3c4c[nH]c(O)c4c4c5ccccc5n2c4c31. The number of aliphatic hydroxyl groups is 1. The van der Waals surface area contributed by atoms with Crippen molar-refractivity contribution in [3.05, 3.63) is 54.7 Å². The molecule has 35 heavy (non-hydrogen) atoms. The van der Waals surface area contributed by atoms with Crippen LogP contribution < -0.4 is 0 Å². The van der Waals surface area contributed by atoms with E-state index in [2.05, 4.69) is 9.55 Å². The number of rotatable bonds is 1.